The first-order valence-electron chi connectivity index (χ1n) is 7.22. The third-order valence-electron chi connectivity index (χ3n) is 3.80. The number of nitriles is 1. The summed E-state index contributed by atoms with van der Waals surface area (Å²) in [5.74, 6) is -0.000995. The Labute approximate surface area is 116 Å². The van der Waals surface area contributed by atoms with E-state index in [4.69, 9.17) is 0 Å². The van der Waals surface area contributed by atoms with Crippen LogP contribution in [0.2, 0.25) is 0 Å². The number of nitrogens with zero attached hydrogens (tertiary/aromatic N) is 3. The summed E-state index contributed by atoms with van der Waals surface area (Å²) >= 11 is 0. The molecule has 1 unspecified atom stereocenters. The van der Waals surface area contributed by atoms with Crippen LogP contribution in [0.25, 0.3) is 0 Å². The van der Waals surface area contributed by atoms with Crippen molar-refractivity contribution in [1.29, 1.82) is 5.26 Å². The molecule has 0 amide bonds. The van der Waals surface area contributed by atoms with Crippen molar-refractivity contribution in [1.82, 2.24) is 9.80 Å². The van der Waals surface area contributed by atoms with E-state index in [1.54, 1.807) is 0 Å². The summed E-state index contributed by atoms with van der Waals surface area (Å²) < 4.78 is 0. The topological polar surface area (TPSA) is 30.3 Å². The zero-order chi connectivity index (χ0) is 13.5. The van der Waals surface area contributed by atoms with Gasteiger partial charge >= 0.3 is 0 Å². The highest BCUT2D eigenvalue weighted by molar-refractivity contribution is 5.25. The molecule has 0 radical (unpaired) electrons. The van der Waals surface area contributed by atoms with Crippen molar-refractivity contribution in [2.45, 2.75) is 19.3 Å². The molecule has 0 aliphatic carbocycles. The molecule has 1 aliphatic rings. The van der Waals surface area contributed by atoms with E-state index >= 15 is 0 Å². The molecule has 1 aromatic carbocycles. The maximum Gasteiger partial charge on any atom is 0.0839 e. The first-order valence-corrected chi connectivity index (χ1v) is 7.22. The number of benzene rings is 1. The predicted octanol–water partition coefficient (Wildman–Crippen LogP) is 2.32. The minimum absolute atomic E-state index is 0.000995. The lowest BCUT2D eigenvalue weighted by molar-refractivity contribution is 0.131. The third-order valence-corrected chi connectivity index (χ3v) is 3.80. The van der Waals surface area contributed by atoms with Gasteiger partial charge in [0.25, 0.3) is 0 Å². The summed E-state index contributed by atoms with van der Waals surface area (Å²) in [6.45, 7) is 8.75. The van der Waals surface area contributed by atoms with E-state index in [2.05, 4.69) is 34.9 Å². The molecule has 102 valence electrons. The monoisotopic (exact) mass is 257 g/mol. The van der Waals surface area contributed by atoms with Gasteiger partial charge in [-0.3, -0.25) is 4.90 Å². The Kier molecular flexibility index (Phi) is 5.38. The van der Waals surface area contributed by atoms with E-state index in [9.17, 15) is 5.26 Å². The van der Waals surface area contributed by atoms with Crippen LogP contribution in [-0.4, -0.2) is 49.1 Å². The molecule has 1 fully saturated rings. The van der Waals surface area contributed by atoms with Crippen LogP contribution >= 0.6 is 0 Å². The number of hydrogen-bond acceptors (Lipinski definition) is 3. The van der Waals surface area contributed by atoms with E-state index in [-0.39, 0.29) is 5.92 Å². The van der Waals surface area contributed by atoms with Gasteiger partial charge in [0, 0.05) is 32.7 Å². The molecule has 0 bridgehead atoms. The zero-order valence-corrected chi connectivity index (χ0v) is 11.8. The van der Waals surface area contributed by atoms with Gasteiger partial charge in [0.05, 0.1) is 12.0 Å². The van der Waals surface area contributed by atoms with Crippen LogP contribution in [0.5, 0.6) is 0 Å². The van der Waals surface area contributed by atoms with E-state index in [0.29, 0.717) is 0 Å². The highest BCUT2D eigenvalue weighted by Gasteiger charge is 2.20. The summed E-state index contributed by atoms with van der Waals surface area (Å²) in [6, 6.07) is 12.6. The largest absolute Gasteiger partial charge is 0.301 e. The van der Waals surface area contributed by atoms with Gasteiger partial charge in [0.15, 0.2) is 0 Å². The van der Waals surface area contributed by atoms with E-state index in [0.717, 1.165) is 38.3 Å². The number of hydrogen-bond donors (Lipinski definition) is 0. The molecule has 1 heterocycles. The number of piperazine rings is 1. The lowest BCUT2D eigenvalue weighted by Gasteiger charge is -2.35. The fraction of sp³-hybridized carbons (Fsp3) is 0.562. The Morgan fingerprint density at radius 1 is 1.11 bits per heavy atom. The lowest BCUT2D eigenvalue weighted by Crippen LogP contribution is -2.47. The van der Waals surface area contributed by atoms with Gasteiger partial charge in [-0.05, 0) is 18.5 Å². The van der Waals surface area contributed by atoms with Crippen molar-refractivity contribution in [3.63, 3.8) is 0 Å². The summed E-state index contributed by atoms with van der Waals surface area (Å²) in [4.78, 5) is 4.94. The van der Waals surface area contributed by atoms with Crippen LogP contribution in [0.1, 0.15) is 24.8 Å². The van der Waals surface area contributed by atoms with Crippen molar-refractivity contribution in [3.05, 3.63) is 35.9 Å². The van der Waals surface area contributed by atoms with E-state index in [1.807, 2.05) is 18.2 Å². The van der Waals surface area contributed by atoms with Gasteiger partial charge in [0.1, 0.15) is 0 Å². The molecule has 3 heteroatoms. The highest BCUT2D eigenvalue weighted by atomic mass is 15.3. The Bertz CT molecular complexity index is 402. The fourth-order valence-electron chi connectivity index (χ4n) is 2.68. The quantitative estimate of drug-likeness (QED) is 0.811. The SMILES string of the molecule is CCCN1CCN(CC(C#N)c2ccccc2)CC1. The van der Waals surface area contributed by atoms with Crippen molar-refractivity contribution < 1.29 is 0 Å². The van der Waals surface area contributed by atoms with Gasteiger partial charge < -0.3 is 4.90 Å². The van der Waals surface area contributed by atoms with Crippen molar-refractivity contribution in [2.75, 3.05) is 39.3 Å². The molecule has 0 saturated carbocycles. The zero-order valence-electron chi connectivity index (χ0n) is 11.8. The lowest BCUT2D eigenvalue weighted by atomic mass is 10.00. The predicted molar refractivity (Wildman–Crippen MR) is 78.0 cm³/mol. The molecule has 3 nitrogen and oxygen atoms in total. The van der Waals surface area contributed by atoms with Gasteiger partial charge in [-0.1, -0.05) is 37.3 Å². The van der Waals surface area contributed by atoms with Gasteiger partial charge in [-0.2, -0.15) is 5.26 Å². The highest BCUT2D eigenvalue weighted by Crippen LogP contribution is 2.17. The molecule has 1 aromatic rings. The van der Waals surface area contributed by atoms with Crippen molar-refractivity contribution >= 4 is 0 Å². The Morgan fingerprint density at radius 3 is 2.32 bits per heavy atom. The molecular weight excluding hydrogens is 234 g/mol. The van der Waals surface area contributed by atoms with Crippen LogP contribution in [0.4, 0.5) is 0 Å². The second-order valence-corrected chi connectivity index (χ2v) is 5.23. The standard InChI is InChI=1S/C16H23N3/c1-2-8-18-9-11-19(12-10-18)14-16(13-17)15-6-4-3-5-7-15/h3-7,16H,2,8-12,14H2,1H3. The Hall–Kier alpha value is -1.37. The third kappa shape index (κ3) is 4.05. The molecule has 1 aliphatic heterocycles. The Morgan fingerprint density at radius 2 is 1.74 bits per heavy atom. The molecular formula is C16H23N3. The van der Waals surface area contributed by atoms with Crippen LogP contribution < -0.4 is 0 Å². The minimum Gasteiger partial charge on any atom is -0.301 e. The summed E-state index contributed by atoms with van der Waals surface area (Å²) in [5.41, 5.74) is 1.14. The Balaban J connectivity index is 1.86. The summed E-state index contributed by atoms with van der Waals surface area (Å²) in [6.07, 6.45) is 1.23. The summed E-state index contributed by atoms with van der Waals surface area (Å²) in [5, 5.41) is 9.36. The van der Waals surface area contributed by atoms with Crippen LogP contribution in [-0.2, 0) is 0 Å². The van der Waals surface area contributed by atoms with E-state index < -0.39 is 0 Å². The normalized spacial score (nSPS) is 18.9. The van der Waals surface area contributed by atoms with Crippen molar-refractivity contribution in [3.8, 4) is 6.07 Å². The molecule has 0 spiro atoms. The summed E-state index contributed by atoms with van der Waals surface area (Å²) in [7, 11) is 0. The fourth-order valence-corrected chi connectivity index (χ4v) is 2.68. The molecule has 0 aromatic heterocycles. The van der Waals surface area contributed by atoms with Gasteiger partial charge in [-0.15, -0.1) is 0 Å². The van der Waals surface area contributed by atoms with Crippen LogP contribution in [0.15, 0.2) is 30.3 Å². The average Bonchev–Trinajstić information content (AvgIpc) is 2.48. The van der Waals surface area contributed by atoms with E-state index in [1.165, 1.54) is 13.0 Å². The maximum atomic E-state index is 9.36. The maximum absolute atomic E-state index is 9.36. The second-order valence-electron chi connectivity index (χ2n) is 5.23. The first kappa shape index (κ1) is 14.0. The molecule has 19 heavy (non-hydrogen) atoms. The average molecular weight is 257 g/mol. The van der Waals surface area contributed by atoms with Crippen LogP contribution in [0, 0.1) is 11.3 Å². The molecule has 0 N–H and O–H groups in total. The van der Waals surface area contributed by atoms with Crippen LogP contribution in [0.3, 0.4) is 0 Å². The first-order chi connectivity index (χ1) is 9.33. The second kappa shape index (κ2) is 7.28. The van der Waals surface area contributed by atoms with Gasteiger partial charge in [-0.25, -0.2) is 0 Å². The smallest absolute Gasteiger partial charge is 0.0839 e. The van der Waals surface area contributed by atoms with Gasteiger partial charge in [0.2, 0.25) is 0 Å². The minimum atomic E-state index is -0.000995. The molecule has 1 atom stereocenters. The molecule has 1 saturated heterocycles. The van der Waals surface area contributed by atoms with Crippen molar-refractivity contribution in [2.24, 2.45) is 0 Å². The molecule has 2 rings (SSSR count). The number of rotatable bonds is 5.